The third-order valence-corrected chi connectivity index (χ3v) is 2.64. The lowest BCUT2D eigenvalue weighted by atomic mass is 10.3. The van der Waals surface area contributed by atoms with Gasteiger partial charge < -0.3 is 15.1 Å². The number of amides is 1. The lowest BCUT2D eigenvalue weighted by Crippen LogP contribution is -2.36. The van der Waals surface area contributed by atoms with Crippen molar-refractivity contribution in [3.63, 3.8) is 0 Å². The monoisotopic (exact) mass is 336 g/mol. The summed E-state index contributed by atoms with van der Waals surface area (Å²) in [5, 5.41) is 17.6. The molecule has 1 rings (SSSR count). The van der Waals surface area contributed by atoms with Gasteiger partial charge in [0.1, 0.15) is 5.69 Å². The van der Waals surface area contributed by atoms with Crippen molar-refractivity contribution < 1.29 is 15.0 Å². The fourth-order valence-corrected chi connectivity index (χ4v) is 1.70. The van der Waals surface area contributed by atoms with E-state index in [1.54, 1.807) is 18.3 Å². The fraction of sp³-hybridized carbons (Fsp3) is 0.400. The minimum atomic E-state index is -0.276. The smallest absolute Gasteiger partial charge is 0.272 e. The molecule has 0 radical (unpaired) electrons. The number of carbonyl (C=O) groups excluding carboxylic acids is 1. The largest absolute Gasteiger partial charge is 0.395 e. The highest BCUT2D eigenvalue weighted by Gasteiger charge is 2.15. The molecule has 1 aromatic rings. The molecule has 0 fully saturated rings. The summed E-state index contributed by atoms with van der Waals surface area (Å²) in [4.78, 5) is 17.3. The minimum Gasteiger partial charge on any atom is -0.395 e. The molecule has 0 unspecified atom stereocenters. The van der Waals surface area contributed by atoms with Crippen molar-refractivity contribution in [3.8, 4) is 0 Å². The number of aromatic nitrogens is 1. The second-order valence-electron chi connectivity index (χ2n) is 3.10. The summed E-state index contributed by atoms with van der Waals surface area (Å²) in [5.74, 6) is -0.276. The zero-order chi connectivity index (χ0) is 12.0. The quantitative estimate of drug-likeness (QED) is 0.749. The van der Waals surface area contributed by atoms with Crippen LogP contribution < -0.4 is 0 Å². The van der Waals surface area contributed by atoms with E-state index in [0.29, 0.717) is 5.69 Å². The van der Waals surface area contributed by atoms with E-state index in [1.165, 1.54) is 4.90 Å². The summed E-state index contributed by atoms with van der Waals surface area (Å²) in [6, 6.07) is 3.46. The second kappa shape index (κ2) is 6.77. The van der Waals surface area contributed by atoms with Crippen molar-refractivity contribution in [3.05, 3.63) is 27.6 Å². The third-order valence-electron chi connectivity index (χ3n) is 1.97. The maximum absolute atomic E-state index is 11.9. The number of hydrogen-bond donors (Lipinski definition) is 2. The van der Waals surface area contributed by atoms with Crippen LogP contribution in [0.25, 0.3) is 0 Å². The van der Waals surface area contributed by atoms with Crippen LogP contribution in [0.4, 0.5) is 0 Å². The molecule has 2 N–H and O–H groups in total. The first-order valence-electron chi connectivity index (χ1n) is 4.81. The molecule has 6 heteroatoms. The van der Waals surface area contributed by atoms with Crippen LogP contribution in [0.1, 0.15) is 10.5 Å². The molecule has 0 aromatic carbocycles. The summed E-state index contributed by atoms with van der Waals surface area (Å²) in [5.41, 5.74) is 0.328. The van der Waals surface area contributed by atoms with Crippen LogP contribution in [0.5, 0.6) is 0 Å². The maximum Gasteiger partial charge on any atom is 0.272 e. The van der Waals surface area contributed by atoms with Crippen LogP contribution in [-0.4, -0.2) is 52.3 Å². The number of carbonyl (C=O) groups is 1. The molecule has 0 aliphatic rings. The molecule has 0 spiro atoms. The number of aliphatic hydroxyl groups is 2. The summed E-state index contributed by atoms with van der Waals surface area (Å²) in [6.07, 6.45) is 1.56. The van der Waals surface area contributed by atoms with Gasteiger partial charge in [-0.1, -0.05) is 0 Å². The Morgan fingerprint density at radius 2 is 2.00 bits per heavy atom. The summed E-state index contributed by atoms with van der Waals surface area (Å²) >= 11 is 2.10. The van der Waals surface area contributed by atoms with Crippen LogP contribution >= 0.6 is 22.6 Å². The number of rotatable bonds is 5. The van der Waals surface area contributed by atoms with E-state index < -0.39 is 0 Å². The zero-order valence-electron chi connectivity index (χ0n) is 8.64. The van der Waals surface area contributed by atoms with Crippen LogP contribution in [0, 0.1) is 3.57 Å². The van der Waals surface area contributed by atoms with Crippen molar-refractivity contribution in [2.75, 3.05) is 26.3 Å². The Balaban J connectivity index is 2.81. The zero-order valence-corrected chi connectivity index (χ0v) is 10.8. The van der Waals surface area contributed by atoms with Gasteiger partial charge in [0.25, 0.3) is 5.91 Å². The van der Waals surface area contributed by atoms with Gasteiger partial charge in [0.2, 0.25) is 0 Å². The average Bonchev–Trinajstić information content (AvgIpc) is 2.28. The highest BCUT2D eigenvalue weighted by molar-refractivity contribution is 14.1. The van der Waals surface area contributed by atoms with Gasteiger partial charge in [-0.15, -0.1) is 0 Å². The molecular weight excluding hydrogens is 323 g/mol. The molecule has 5 nitrogen and oxygen atoms in total. The highest BCUT2D eigenvalue weighted by Crippen LogP contribution is 2.07. The Labute approximate surface area is 107 Å². The lowest BCUT2D eigenvalue weighted by Gasteiger charge is -2.20. The summed E-state index contributed by atoms with van der Waals surface area (Å²) in [6.45, 7) is 0.143. The number of aliphatic hydroxyl groups excluding tert-OH is 2. The molecular formula is C10H13IN2O3. The molecule has 1 aromatic heterocycles. The first kappa shape index (κ1) is 13.3. The first-order valence-corrected chi connectivity index (χ1v) is 5.89. The second-order valence-corrected chi connectivity index (χ2v) is 4.34. The number of halogens is 1. The van der Waals surface area contributed by atoms with Gasteiger partial charge in [0, 0.05) is 22.9 Å². The van der Waals surface area contributed by atoms with Crippen molar-refractivity contribution >= 4 is 28.5 Å². The average molecular weight is 336 g/mol. The van der Waals surface area contributed by atoms with Gasteiger partial charge >= 0.3 is 0 Å². The standard InChI is InChI=1S/C10H13IN2O3/c11-8-1-2-12-9(7-8)10(16)13(3-5-14)4-6-15/h1-2,7,14-15H,3-6H2. The summed E-state index contributed by atoms with van der Waals surface area (Å²) in [7, 11) is 0. The van der Waals surface area contributed by atoms with Gasteiger partial charge in [-0.05, 0) is 34.7 Å². The van der Waals surface area contributed by atoms with Gasteiger partial charge in [-0.25, -0.2) is 0 Å². The van der Waals surface area contributed by atoms with Crippen LogP contribution in [-0.2, 0) is 0 Å². The Bertz CT molecular complexity index is 354. The number of nitrogens with zero attached hydrogens (tertiary/aromatic N) is 2. The predicted molar refractivity (Wildman–Crippen MR) is 67.0 cm³/mol. The van der Waals surface area contributed by atoms with E-state index in [0.717, 1.165) is 3.57 Å². The molecule has 1 amide bonds. The maximum atomic E-state index is 11.9. The Morgan fingerprint density at radius 1 is 1.38 bits per heavy atom. The molecule has 0 bridgehead atoms. The topological polar surface area (TPSA) is 73.7 Å². The van der Waals surface area contributed by atoms with E-state index in [4.69, 9.17) is 10.2 Å². The Kier molecular flexibility index (Phi) is 5.64. The summed E-state index contributed by atoms with van der Waals surface area (Å²) < 4.78 is 0.920. The van der Waals surface area contributed by atoms with Crippen molar-refractivity contribution in [1.29, 1.82) is 0 Å². The van der Waals surface area contributed by atoms with Gasteiger partial charge in [0.05, 0.1) is 13.2 Å². The molecule has 88 valence electrons. The molecule has 0 atom stereocenters. The van der Waals surface area contributed by atoms with E-state index in [-0.39, 0.29) is 32.2 Å². The van der Waals surface area contributed by atoms with Crippen LogP contribution in [0.2, 0.25) is 0 Å². The Hall–Kier alpha value is -0.730. The predicted octanol–water partition coefficient (Wildman–Crippen LogP) is 0.113. The molecule has 1 heterocycles. The highest BCUT2D eigenvalue weighted by atomic mass is 127. The van der Waals surface area contributed by atoms with E-state index in [1.807, 2.05) is 0 Å². The van der Waals surface area contributed by atoms with Crippen molar-refractivity contribution in [2.24, 2.45) is 0 Å². The van der Waals surface area contributed by atoms with Crippen molar-refractivity contribution in [2.45, 2.75) is 0 Å². The van der Waals surface area contributed by atoms with E-state index in [9.17, 15) is 4.79 Å². The normalized spacial score (nSPS) is 10.2. The molecule has 0 saturated carbocycles. The molecule has 0 aliphatic carbocycles. The minimum absolute atomic E-state index is 0.129. The van der Waals surface area contributed by atoms with Gasteiger partial charge in [0.15, 0.2) is 0 Å². The first-order chi connectivity index (χ1) is 7.69. The number of pyridine rings is 1. The molecule has 0 aliphatic heterocycles. The fourth-order valence-electron chi connectivity index (χ4n) is 1.24. The lowest BCUT2D eigenvalue weighted by molar-refractivity contribution is 0.0679. The SMILES string of the molecule is O=C(c1cc(I)ccn1)N(CCO)CCO. The van der Waals surface area contributed by atoms with Gasteiger partial charge in [-0.2, -0.15) is 0 Å². The molecule has 0 saturated heterocycles. The molecule has 16 heavy (non-hydrogen) atoms. The van der Waals surface area contributed by atoms with Gasteiger partial charge in [-0.3, -0.25) is 9.78 Å². The number of hydrogen-bond acceptors (Lipinski definition) is 4. The van der Waals surface area contributed by atoms with E-state index >= 15 is 0 Å². The van der Waals surface area contributed by atoms with Crippen molar-refractivity contribution in [1.82, 2.24) is 9.88 Å². The Morgan fingerprint density at radius 3 is 2.50 bits per heavy atom. The third kappa shape index (κ3) is 3.69. The van der Waals surface area contributed by atoms with Crippen LogP contribution in [0.15, 0.2) is 18.3 Å². The van der Waals surface area contributed by atoms with Crippen LogP contribution in [0.3, 0.4) is 0 Å². The van der Waals surface area contributed by atoms with E-state index in [2.05, 4.69) is 27.6 Å².